The highest BCUT2D eigenvalue weighted by Gasteiger charge is 2.50. The molecule has 4 saturated heterocycles. The second-order valence-corrected chi connectivity index (χ2v) is 24.8. The van der Waals surface area contributed by atoms with Crippen molar-refractivity contribution in [2.24, 2.45) is 0 Å². The molecule has 8 N–H and O–H groups in total. The summed E-state index contributed by atoms with van der Waals surface area (Å²) in [5, 5.41) is 76.4. The smallest absolute Gasteiger partial charge is 0.238 e. The molecule has 4 aromatic carbocycles. The standard InChI is InChI=1S/4C14H19NO3S/c2*1-14(18)9-12(19-8-7-16)13(17)15(14)10-11-5-3-2-4-6-11;2*1-14(18)12(19-8-7-16)9-13(17)15(14)10-11-5-3-2-4-6-11/h4*2-6,12,16,18H,7-10H2,1H3. The first-order valence-corrected chi connectivity index (χ1v) is 29.6. The van der Waals surface area contributed by atoms with E-state index in [2.05, 4.69) is 0 Å². The van der Waals surface area contributed by atoms with Crippen LogP contribution in [0.25, 0.3) is 0 Å². The fraction of sp³-hybridized carbons (Fsp3) is 0.500. The van der Waals surface area contributed by atoms with Crippen molar-refractivity contribution in [2.75, 3.05) is 49.4 Å². The van der Waals surface area contributed by atoms with Crippen molar-refractivity contribution in [1.82, 2.24) is 19.6 Å². The first-order valence-electron chi connectivity index (χ1n) is 25.4. The molecule has 0 spiro atoms. The van der Waals surface area contributed by atoms with Crippen LogP contribution in [0, 0.1) is 0 Å². The third kappa shape index (κ3) is 17.4. The number of hydrogen-bond acceptors (Lipinski definition) is 16. The van der Waals surface area contributed by atoms with E-state index >= 15 is 0 Å². The van der Waals surface area contributed by atoms with Crippen LogP contribution < -0.4 is 0 Å². The molecule has 4 heterocycles. The van der Waals surface area contributed by atoms with E-state index in [0.29, 0.717) is 74.9 Å². The molecule has 4 aliphatic heterocycles. The Labute approximate surface area is 464 Å². The van der Waals surface area contributed by atoms with Gasteiger partial charge in [-0.25, -0.2) is 0 Å². The second kappa shape index (κ2) is 29.7. The maximum Gasteiger partial charge on any atom is 0.238 e. The molecule has 16 nitrogen and oxygen atoms in total. The Morgan fingerprint density at radius 2 is 0.658 bits per heavy atom. The number of amides is 4. The van der Waals surface area contributed by atoms with Crippen LogP contribution in [0.1, 0.15) is 75.6 Å². The Bertz CT molecular complexity index is 2160. The quantitative estimate of drug-likeness (QED) is 0.0588. The molecule has 76 heavy (non-hydrogen) atoms. The summed E-state index contributed by atoms with van der Waals surface area (Å²) in [6.45, 7) is 8.60. The SMILES string of the molecule is CC1(O)C(SCCO)CC(=O)N1Cc1ccccc1.CC1(O)C(SCCO)CC(=O)N1Cc1ccccc1.CC1(O)CC(SCCO)C(=O)N1Cc1ccccc1.CC1(O)CC(SCCO)C(=O)N1Cc1ccccc1. The summed E-state index contributed by atoms with van der Waals surface area (Å²) < 4.78 is 0. The number of nitrogens with zero attached hydrogens (tertiary/aromatic N) is 4. The second-order valence-electron chi connectivity index (χ2n) is 19.5. The highest BCUT2D eigenvalue weighted by atomic mass is 32.2. The molecule has 0 aromatic heterocycles. The van der Waals surface area contributed by atoms with E-state index in [1.165, 1.54) is 66.6 Å². The predicted molar refractivity (Wildman–Crippen MR) is 302 cm³/mol. The van der Waals surface area contributed by atoms with E-state index in [4.69, 9.17) is 20.4 Å². The van der Waals surface area contributed by atoms with Crippen LogP contribution in [-0.4, -0.2) is 177 Å². The molecule has 0 aliphatic carbocycles. The lowest BCUT2D eigenvalue weighted by atomic mass is 10.1. The molecule has 8 rings (SSSR count). The Kier molecular flexibility index (Phi) is 24.5. The number of carbonyl (C=O) groups is 4. The Morgan fingerprint density at radius 3 is 0.921 bits per heavy atom. The van der Waals surface area contributed by atoms with E-state index in [0.717, 1.165) is 22.3 Å². The molecule has 0 radical (unpaired) electrons. The number of thioether (sulfide) groups is 4. The van der Waals surface area contributed by atoms with Gasteiger partial charge in [0.2, 0.25) is 23.6 Å². The minimum atomic E-state index is -1.16. The van der Waals surface area contributed by atoms with Gasteiger partial charge in [-0.15, -0.1) is 23.5 Å². The van der Waals surface area contributed by atoms with Crippen molar-refractivity contribution >= 4 is 70.7 Å². The Balaban J connectivity index is 0.000000187. The number of likely N-dealkylation sites (tertiary alicyclic amines) is 4. The monoisotopic (exact) mass is 1120 g/mol. The topological polar surface area (TPSA) is 243 Å². The van der Waals surface area contributed by atoms with Crippen LogP contribution in [0.4, 0.5) is 0 Å². The normalized spacial score (nSPS) is 27.0. The maximum atomic E-state index is 12.3. The van der Waals surface area contributed by atoms with Gasteiger partial charge in [0, 0.05) is 74.9 Å². The molecule has 0 saturated carbocycles. The molecule has 416 valence electrons. The lowest BCUT2D eigenvalue weighted by molar-refractivity contribution is -0.144. The summed E-state index contributed by atoms with van der Waals surface area (Å²) in [7, 11) is 0. The maximum absolute atomic E-state index is 12.3. The van der Waals surface area contributed by atoms with Gasteiger partial charge in [-0.2, -0.15) is 23.5 Å². The van der Waals surface area contributed by atoms with E-state index < -0.39 is 22.9 Å². The first kappa shape index (κ1) is 62.7. The molecule has 4 fully saturated rings. The van der Waals surface area contributed by atoms with Crippen LogP contribution in [0.15, 0.2) is 121 Å². The highest BCUT2D eigenvalue weighted by Crippen LogP contribution is 2.40. The summed E-state index contributed by atoms with van der Waals surface area (Å²) in [5.74, 6) is 1.94. The van der Waals surface area contributed by atoms with Crippen molar-refractivity contribution in [3.63, 3.8) is 0 Å². The van der Waals surface area contributed by atoms with Gasteiger partial charge >= 0.3 is 0 Å². The van der Waals surface area contributed by atoms with E-state index in [9.17, 15) is 39.6 Å². The van der Waals surface area contributed by atoms with Gasteiger partial charge in [0.1, 0.15) is 22.9 Å². The average molecular weight is 1130 g/mol. The van der Waals surface area contributed by atoms with E-state index in [1.807, 2.05) is 121 Å². The summed E-state index contributed by atoms with van der Waals surface area (Å²) in [4.78, 5) is 54.8. The number of carbonyl (C=O) groups excluding carboxylic acids is 4. The van der Waals surface area contributed by atoms with Crippen LogP contribution in [0.5, 0.6) is 0 Å². The van der Waals surface area contributed by atoms with Gasteiger partial charge in [0.05, 0.1) is 47.4 Å². The van der Waals surface area contributed by atoms with Crippen molar-refractivity contribution in [1.29, 1.82) is 0 Å². The Hall–Kier alpha value is -4.16. The predicted octanol–water partition coefficient (Wildman–Crippen LogP) is 4.89. The number of aliphatic hydroxyl groups excluding tert-OH is 4. The van der Waals surface area contributed by atoms with Crippen LogP contribution >= 0.6 is 47.0 Å². The van der Waals surface area contributed by atoms with Crippen molar-refractivity contribution in [2.45, 2.75) is 123 Å². The van der Waals surface area contributed by atoms with Gasteiger partial charge in [0.15, 0.2) is 0 Å². The van der Waals surface area contributed by atoms with Crippen LogP contribution in [0.3, 0.4) is 0 Å². The van der Waals surface area contributed by atoms with Gasteiger partial charge in [0.25, 0.3) is 0 Å². The third-order valence-electron chi connectivity index (χ3n) is 13.4. The first-order chi connectivity index (χ1) is 36.2. The van der Waals surface area contributed by atoms with Crippen molar-refractivity contribution in [3.05, 3.63) is 144 Å². The van der Waals surface area contributed by atoms with Gasteiger partial charge in [-0.1, -0.05) is 121 Å². The summed E-state index contributed by atoms with van der Waals surface area (Å²) >= 11 is 5.71. The number of rotatable bonds is 20. The minimum absolute atomic E-state index is 0.0377. The van der Waals surface area contributed by atoms with Crippen molar-refractivity contribution < 1.29 is 60.0 Å². The fourth-order valence-electron chi connectivity index (χ4n) is 9.23. The molecule has 4 aromatic rings. The van der Waals surface area contributed by atoms with E-state index in [-0.39, 0.29) is 71.1 Å². The van der Waals surface area contributed by atoms with Gasteiger partial charge in [-0.3, -0.25) is 19.2 Å². The van der Waals surface area contributed by atoms with Gasteiger partial charge in [-0.05, 0) is 49.9 Å². The summed E-state index contributed by atoms with van der Waals surface area (Å²) in [6, 6.07) is 38.6. The fourth-order valence-corrected chi connectivity index (χ4v) is 13.6. The molecule has 4 aliphatic rings. The largest absolute Gasteiger partial charge is 0.396 e. The lowest BCUT2D eigenvalue weighted by Crippen LogP contribution is -2.47. The molecular weight excluding hydrogens is 1050 g/mol. The summed E-state index contributed by atoms with van der Waals surface area (Å²) in [6.07, 6.45) is 1.46. The van der Waals surface area contributed by atoms with Crippen molar-refractivity contribution in [3.8, 4) is 0 Å². The highest BCUT2D eigenvalue weighted by molar-refractivity contribution is 8.01. The molecule has 8 atom stereocenters. The molecule has 20 heteroatoms. The lowest BCUT2D eigenvalue weighted by Gasteiger charge is -2.34. The molecular formula is C56H76N4O12S4. The third-order valence-corrected chi connectivity index (χ3v) is 18.6. The zero-order chi connectivity index (χ0) is 55.5. The molecule has 8 unspecified atom stereocenters. The average Bonchev–Trinajstić information content (AvgIpc) is 3.94. The van der Waals surface area contributed by atoms with Crippen LogP contribution in [0.2, 0.25) is 0 Å². The molecule has 4 amide bonds. The van der Waals surface area contributed by atoms with Crippen LogP contribution in [-0.2, 0) is 45.4 Å². The zero-order valence-corrected chi connectivity index (χ0v) is 47.1. The Morgan fingerprint density at radius 1 is 0.408 bits per heavy atom. The number of hydrogen-bond donors (Lipinski definition) is 8. The molecule has 0 bridgehead atoms. The zero-order valence-electron chi connectivity index (χ0n) is 43.8. The van der Waals surface area contributed by atoms with E-state index in [1.54, 1.807) is 27.7 Å². The summed E-state index contributed by atoms with van der Waals surface area (Å²) in [5.41, 5.74) is -0.527. The number of aliphatic hydroxyl groups is 8. The van der Waals surface area contributed by atoms with Gasteiger partial charge < -0.3 is 60.5 Å². The number of benzene rings is 4. The minimum Gasteiger partial charge on any atom is -0.396 e.